The molecule has 1 unspecified atom stereocenters. The number of aromatic nitrogens is 2. The van der Waals surface area contributed by atoms with Crippen molar-refractivity contribution in [2.24, 2.45) is 5.92 Å². The number of likely N-dealkylation sites (tertiary alicyclic amines) is 2. The van der Waals surface area contributed by atoms with Crippen LogP contribution in [0.1, 0.15) is 123 Å². The molecule has 3 heterocycles. The Bertz CT molecular complexity index is 1910. The van der Waals surface area contributed by atoms with Gasteiger partial charge in [-0.2, -0.15) is 0 Å². The fourth-order valence-electron chi connectivity index (χ4n) is 8.91. The minimum absolute atomic E-state index is 0.115. The summed E-state index contributed by atoms with van der Waals surface area (Å²) in [6.45, 7) is 14.8. The Hall–Kier alpha value is -4.87. The van der Waals surface area contributed by atoms with Gasteiger partial charge in [0.05, 0.1) is 25.0 Å². The third-order valence-corrected chi connectivity index (χ3v) is 11.3. The molecule has 1 aromatic heterocycles. The van der Waals surface area contributed by atoms with Crippen LogP contribution in [0.4, 0.5) is 15.3 Å². The summed E-state index contributed by atoms with van der Waals surface area (Å²) in [5.41, 5.74) is 6.56. The Labute approximate surface area is 325 Å². The van der Waals surface area contributed by atoms with Crippen LogP contribution >= 0.6 is 0 Å². The molecule has 12 nitrogen and oxygen atoms in total. The van der Waals surface area contributed by atoms with Crippen LogP contribution in [0.3, 0.4) is 0 Å². The number of hydrogen-bond donors (Lipinski definition) is 3. The number of carbonyl (C=O) groups excluding carboxylic acids is 4. The second-order valence-corrected chi connectivity index (χ2v) is 16.7. The third kappa shape index (κ3) is 7.95. The minimum atomic E-state index is -0.699. The van der Waals surface area contributed by atoms with Crippen molar-refractivity contribution in [3.05, 3.63) is 59.5 Å². The maximum Gasteiger partial charge on any atom is 0.410 e. The van der Waals surface area contributed by atoms with Gasteiger partial charge in [-0.1, -0.05) is 58.7 Å². The minimum Gasteiger partial charge on any atom is -0.453 e. The van der Waals surface area contributed by atoms with E-state index in [4.69, 9.17) is 14.5 Å². The van der Waals surface area contributed by atoms with Crippen LogP contribution in [0.2, 0.25) is 0 Å². The normalized spacial score (nSPS) is 19.2. The molecule has 2 aliphatic heterocycles. The van der Waals surface area contributed by atoms with Crippen LogP contribution in [-0.2, 0) is 24.5 Å². The van der Waals surface area contributed by atoms with E-state index in [1.54, 1.807) is 4.90 Å². The molecule has 1 aliphatic carbocycles. The van der Waals surface area contributed by atoms with E-state index in [2.05, 4.69) is 59.8 Å². The number of hydrogen-bond acceptors (Lipinski definition) is 7. The Kier molecular flexibility index (Phi) is 11.6. The Balaban J connectivity index is 1.27. The molecule has 0 bridgehead atoms. The molecule has 6 rings (SSSR count). The fourth-order valence-corrected chi connectivity index (χ4v) is 8.91. The predicted molar refractivity (Wildman–Crippen MR) is 213 cm³/mol. The number of rotatable bonds is 11. The number of anilines is 1. The Morgan fingerprint density at radius 3 is 2.25 bits per heavy atom. The number of amides is 4. The van der Waals surface area contributed by atoms with E-state index in [0.717, 1.165) is 67.7 Å². The second-order valence-electron chi connectivity index (χ2n) is 16.7. The van der Waals surface area contributed by atoms with Gasteiger partial charge in [0.25, 0.3) is 0 Å². The van der Waals surface area contributed by atoms with Gasteiger partial charge in [0, 0.05) is 24.2 Å². The first-order valence-corrected chi connectivity index (χ1v) is 20.0. The molecule has 0 radical (unpaired) electrons. The number of aromatic amines is 1. The van der Waals surface area contributed by atoms with Crippen LogP contribution in [-0.4, -0.2) is 81.7 Å². The lowest BCUT2D eigenvalue weighted by Gasteiger charge is -2.32. The Morgan fingerprint density at radius 2 is 1.60 bits per heavy atom. The van der Waals surface area contributed by atoms with E-state index in [0.29, 0.717) is 19.5 Å². The van der Waals surface area contributed by atoms with Crippen LogP contribution in [0.25, 0.3) is 22.4 Å². The molecular weight excluding hydrogens is 697 g/mol. The van der Waals surface area contributed by atoms with E-state index in [-0.39, 0.29) is 29.2 Å². The molecule has 3 atom stereocenters. The van der Waals surface area contributed by atoms with Gasteiger partial charge in [0.15, 0.2) is 0 Å². The van der Waals surface area contributed by atoms with E-state index in [1.807, 2.05) is 51.8 Å². The van der Waals surface area contributed by atoms with E-state index in [9.17, 15) is 19.2 Å². The summed E-state index contributed by atoms with van der Waals surface area (Å²) in [7, 11) is 1.30. The molecule has 0 spiro atoms. The molecule has 2 saturated heterocycles. The first-order valence-electron chi connectivity index (χ1n) is 20.0. The maximum atomic E-state index is 13.7. The number of methoxy groups -OCH3 is 1. The van der Waals surface area contributed by atoms with Crippen LogP contribution in [0, 0.1) is 5.92 Å². The number of benzene rings is 2. The van der Waals surface area contributed by atoms with Gasteiger partial charge in [0.1, 0.15) is 23.5 Å². The molecule has 12 heteroatoms. The highest BCUT2D eigenvalue weighted by Crippen LogP contribution is 2.55. The predicted octanol–water partition coefficient (Wildman–Crippen LogP) is 8.33. The van der Waals surface area contributed by atoms with Gasteiger partial charge >= 0.3 is 12.2 Å². The second kappa shape index (κ2) is 16.1. The number of carbonyl (C=O) groups is 4. The first-order chi connectivity index (χ1) is 26.2. The lowest BCUT2D eigenvalue weighted by Crippen LogP contribution is -2.51. The molecule has 3 N–H and O–H groups in total. The highest BCUT2D eigenvalue weighted by molar-refractivity contribution is 5.98. The van der Waals surface area contributed by atoms with Gasteiger partial charge < -0.3 is 30.0 Å². The zero-order valence-electron chi connectivity index (χ0n) is 33.7. The molecule has 4 amide bonds. The van der Waals surface area contributed by atoms with Gasteiger partial charge in [-0.05, 0) is 111 Å². The first kappa shape index (κ1) is 39.8. The van der Waals surface area contributed by atoms with Crippen LogP contribution in [0.15, 0.2) is 42.6 Å². The summed E-state index contributed by atoms with van der Waals surface area (Å²) in [6.07, 6.45) is 7.58. The van der Waals surface area contributed by atoms with Crippen molar-refractivity contribution >= 4 is 29.7 Å². The van der Waals surface area contributed by atoms with Gasteiger partial charge in [-0.3, -0.25) is 14.5 Å². The van der Waals surface area contributed by atoms with Crippen molar-refractivity contribution in [2.75, 3.05) is 25.5 Å². The van der Waals surface area contributed by atoms with E-state index >= 15 is 0 Å². The van der Waals surface area contributed by atoms with Crippen molar-refractivity contribution < 1.29 is 28.7 Å². The summed E-state index contributed by atoms with van der Waals surface area (Å²) in [5, 5.41) is 5.88. The lowest BCUT2D eigenvalue weighted by atomic mass is 9.71. The molecule has 2 fully saturated rings. The number of nitrogens with one attached hydrogen (secondary N) is 3. The van der Waals surface area contributed by atoms with Crippen molar-refractivity contribution in [2.45, 2.75) is 129 Å². The average molecular weight is 755 g/mol. The van der Waals surface area contributed by atoms with Gasteiger partial charge in [0.2, 0.25) is 11.8 Å². The zero-order chi connectivity index (χ0) is 39.7. The van der Waals surface area contributed by atoms with Crippen LogP contribution in [0.5, 0.6) is 0 Å². The van der Waals surface area contributed by atoms with Crippen molar-refractivity contribution in [3.8, 4) is 22.4 Å². The summed E-state index contributed by atoms with van der Waals surface area (Å²) in [6, 6.07) is 11.3. The molecule has 2 aromatic carbocycles. The largest absolute Gasteiger partial charge is 0.453 e. The third-order valence-electron chi connectivity index (χ3n) is 11.3. The van der Waals surface area contributed by atoms with Crippen molar-refractivity contribution in [3.63, 3.8) is 0 Å². The summed E-state index contributed by atoms with van der Waals surface area (Å²) in [5.74, 6) is 0.275. The van der Waals surface area contributed by atoms with Crippen LogP contribution < -0.4 is 10.6 Å². The lowest BCUT2D eigenvalue weighted by molar-refractivity contribution is -0.135. The standard InChI is InChI=1S/C43H58N6O6/c1-9-19-43(20-10-2)31-23-27(33-25-44-37(46-33)34-13-11-21-48(34)39(51)36(26(3)4)47-40(52)54-8)15-17-29(31)30-18-16-28(24-32(30)43)45-38(50)35-14-12-22-49(35)41(53)55-42(5,6)7/h15-18,23-26,34-36H,9-14,19-22H2,1-8H3,(H,44,46)(H,45,50)(H,47,52)/t34-,35?,36-/m0/s1. The fraction of sp³-hybridized carbons (Fsp3) is 0.558. The van der Waals surface area contributed by atoms with Crippen molar-refractivity contribution in [1.29, 1.82) is 0 Å². The summed E-state index contributed by atoms with van der Waals surface area (Å²) >= 11 is 0. The molecule has 296 valence electrons. The molecule has 55 heavy (non-hydrogen) atoms. The molecule has 3 aliphatic rings. The number of H-pyrrole nitrogens is 1. The van der Waals surface area contributed by atoms with Gasteiger partial charge in [-0.15, -0.1) is 0 Å². The van der Waals surface area contributed by atoms with Crippen molar-refractivity contribution in [1.82, 2.24) is 25.1 Å². The smallest absolute Gasteiger partial charge is 0.410 e. The van der Waals surface area contributed by atoms with E-state index in [1.165, 1.54) is 29.4 Å². The number of alkyl carbamates (subject to hydrolysis) is 1. The molecule has 0 saturated carbocycles. The quantitative estimate of drug-likeness (QED) is 0.178. The molecule has 3 aromatic rings. The Morgan fingerprint density at radius 1 is 0.945 bits per heavy atom. The monoisotopic (exact) mass is 754 g/mol. The number of fused-ring (bicyclic) bond motifs is 3. The number of nitrogens with zero attached hydrogens (tertiary/aromatic N) is 3. The average Bonchev–Trinajstić information content (AvgIpc) is 3.96. The SMILES string of the molecule is CCCC1(CCC)c2cc(NC(=O)C3CCCN3C(=O)OC(C)(C)C)ccc2-c2ccc(-c3cnc([C@@H]4CCCN4C(=O)[C@@H](NC(=O)OC)C(C)C)[nH]3)cc21. The summed E-state index contributed by atoms with van der Waals surface area (Å²) < 4.78 is 10.4. The number of ether oxygens (including phenoxy) is 2. The highest BCUT2D eigenvalue weighted by atomic mass is 16.6. The van der Waals surface area contributed by atoms with E-state index < -0.39 is 29.9 Å². The summed E-state index contributed by atoms with van der Waals surface area (Å²) in [4.78, 5) is 64.2. The maximum absolute atomic E-state index is 13.7. The number of imidazole rings is 1. The topological polar surface area (TPSA) is 146 Å². The zero-order valence-corrected chi connectivity index (χ0v) is 33.7. The molecular formula is C43H58N6O6. The van der Waals surface area contributed by atoms with Gasteiger partial charge in [-0.25, -0.2) is 14.6 Å². The highest BCUT2D eigenvalue weighted by Gasteiger charge is 2.43.